The van der Waals surface area contributed by atoms with Crippen molar-refractivity contribution in [3.05, 3.63) is 53.1 Å². The van der Waals surface area contributed by atoms with Crippen LogP contribution in [0.4, 0.5) is 5.69 Å². The first-order valence-electron chi connectivity index (χ1n) is 13.4. The highest BCUT2D eigenvalue weighted by atomic mass is 32.2. The number of hydrogen-bond donors (Lipinski definition) is 2. The number of ether oxygens (including phenoxy) is 2. The number of carbonyl (C=O) groups excluding carboxylic acids is 2. The molecule has 0 fully saturated rings. The highest BCUT2D eigenvalue weighted by Crippen LogP contribution is 2.34. The molecule has 0 bridgehead atoms. The summed E-state index contributed by atoms with van der Waals surface area (Å²) in [5.74, 6) is 1.72. The fourth-order valence-electron chi connectivity index (χ4n) is 4.15. The van der Waals surface area contributed by atoms with Crippen LogP contribution in [0.5, 0.6) is 11.5 Å². The van der Waals surface area contributed by atoms with Crippen molar-refractivity contribution >= 4 is 52.8 Å². The summed E-state index contributed by atoms with van der Waals surface area (Å²) in [7, 11) is 1.39. The van der Waals surface area contributed by atoms with E-state index in [9.17, 15) is 13.8 Å². The summed E-state index contributed by atoms with van der Waals surface area (Å²) in [6.07, 6.45) is 6.84. The Kier molecular flexibility index (Phi) is 13.5. The van der Waals surface area contributed by atoms with Crippen LogP contribution in [0.15, 0.2) is 36.4 Å². The molecule has 0 aromatic heterocycles. The maximum atomic E-state index is 13.6. The molecule has 2 amide bonds. The second kappa shape index (κ2) is 17.1. The summed E-state index contributed by atoms with van der Waals surface area (Å²) in [5.41, 5.74) is 3.41. The molecular weight excluding hydrogens is 552 g/mol. The summed E-state index contributed by atoms with van der Waals surface area (Å²) in [5, 5.41) is 2.90. The van der Waals surface area contributed by atoms with Crippen molar-refractivity contribution in [3.63, 3.8) is 0 Å². The molecule has 2 N–H and O–H groups in total. The summed E-state index contributed by atoms with van der Waals surface area (Å²) < 4.78 is 37.0. The van der Waals surface area contributed by atoms with Gasteiger partial charge in [0, 0.05) is 25.5 Å². The van der Waals surface area contributed by atoms with Gasteiger partial charge < -0.3 is 24.2 Å². The minimum absolute atomic E-state index is 0.0452. The maximum absolute atomic E-state index is 13.6. The van der Waals surface area contributed by atoms with E-state index in [2.05, 4.69) is 12.2 Å². The average Bonchev–Trinajstić information content (AvgIpc) is 2.94. The van der Waals surface area contributed by atoms with Crippen LogP contribution in [0.2, 0.25) is 0 Å². The van der Waals surface area contributed by atoms with Gasteiger partial charge in [-0.05, 0) is 65.8 Å². The summed E-state index contributed by atoms with van der Waals surface area (Å²) in [6, 6.07) is 11.3. The molecule has 0 saturated heterocycles. The molecule has 1 aliphatic rings. The fourth-order valence-corrected chi connectivity index (χ4v) is 4.70. The molecule has 1 atom stereocenters. The molecular formula is C29H38N2O7S2. The Bertz CT molecular complexity index is 1190. The molecule has 2 aromatic rings. The Balaban J connectivity index is 1.82. The van der Waals surface area contributed by atoms with E-state index in [1.165, 1.54) is 7.11 Å². The smallest absolute Gasteiger partial charge is 0.227 e. The molecule has 11 heteroatoms. The molecule has 0 spiro atoms. The van der Waals surface area contributed by atoms with Gasteiger partial charge in [0.1, 0.15) is 18.1 Å². The number of carbonyl (C=O) groups is 2. The number of nitrogens with zero attached hydrogens (tertiary/aromatic N) is 1. The summed E-state index contributed by atoms with van der Waals surface area (Å²) in [4.78, 5) is 27.5. The topological polar surface area (TPSA) is 114 Å². The Morgan fingerprint density at radius 2 is 1.75 bits per heavy atom. The average molecular weight is 591 g/mol. The second-order valence-electron chi connectivity index (χ2n) is 9.16. The van der Waals surface area contributed by atoms with Gasteiger partial charge in [0.2, 0.25) is 11.8 Å². The quantitative estimate of drug-likeness (QED) is 0.206. The van der Waals surface area contributed by atoms with Gasteiger partial charge in [-0.15, -0.1) is 0 Å². The number of anilines is 1. The lowest BCUT2D eigenvalue weighted by molar-refractivity contribution is -0.121. The van der Waals surface area contributed by atoms with E-state index in [0.29, 0.717) is 61.1 Å². The van der Waals surface area contributed by atoms with Crippen LogP contribution >= 0.6 is 12.0 Å². The first-order chi connectivity index (χ1) is 19.4. The van der Waals surface area contributed by atoms with Gasteiger partial charge in [0.15, 0.2) is 11.1 Å². The van der Waals surface area contributed by atoms with E-state index in [1.807, 2.05) is 48.6 Å². The molecule has 3 rings (SSSR count). The SMILES string of the molecule is CCCCNC(=O)CCCC(=O)N1Cc2cc(OCCS(=O)OC)ccc2/C=C\c2ccc(OCCSO)cc21. The van der Waals surface area contributed by atoms with Crippen molar-refractivity contribution in [2.24, 2.45) is 0 Å². The van der Waals surface area contributed by atoms with Crippen LogP contribution in [0, 0.1) is 0 Å². The minimum atomic E-state index is -1.40. The van der Waals surface area contributed by atoms with Crippen LogP contribution < -0.4 is 19.7 Å². The highest BCUT2D eigenvalue weighted by Gasteiger charge is 2.22. The van der Waals surface area contributed by atoms with Gasteiger partial charge >= 0.3 is 0 Å². The Morgan fingerprint density at radius 1 is 1.02 bits per heavy atom. The number of amides is 2. The maximum Gasteiger partial charge on any atom is 0.227 e. The first kappa shape index (κ1) is 31.7. The Morgan fingerprint density at radius 3 is 2.50 bits per heavy atom. The van der Waals surface area contributed by atoms with Gasteiger partial charge in [-0.3, -0.25) is 13.8 Å². The number of nitrogens with one attached hydrogen (secondary N) is 1. The Labute approximate surface area is 243 Å². The third-order valence-corrected chi connectivity index (χ3v) is 7.50. The van der Waals surface area contributed by atoms with E-state index >= 15 is 0 Å². The lowest BCUT2D eigenvalue weighted by atomic mass is 10.00. The van der Waals surface area contributed by atoms with Crippen LogP contribution in [0.3, 0.4) is 0 Å². The molecule has 1 heterocycles. The third-order valence-electron chi connectivity index (χ3n) is 6.27. The summed E-state index contributed by atoms with van der Waals surface area (Å²) in [6.45, 7) is 3.57. The van der Waals surface area contributed by atoms with E-state index in [-0.39, 0.29) is 37.0 Å². The first-order valence-corrected chi connectivity index (χ1v) is 15.6. The molecule has 0 aliphatic carbocycles. The second-order valence-corrected chi connectivity index (χ2v) is 11.2. The van der Waals surface area contributed by atoms with Gasteiger partial charge in [0.25, 0.3) is 0 Å². The van der Waals surface area contributed by atoms with E-state index in [0.717, 1.165) is 29.5 Å². The zero-order valence-electron chi connectivity index (χ0n) is 23.1. The molecule has 218 valence electrons. The largest absolute Gasteiger partial charge is 0.493 e. The van der Waals surface area contributed by atoms with Crippen molar-refractivity contribution in [2.75, 3.05) is 43.3 Å². The zero-order valence-corrected chi connectivity index (χ0v) is 24.7. The van der Waals surface area contributed by atoms with Gasteiger partial charge in [-0.2, -0.15) is 0 Å². The molecule has 40 heavy (non-hydrogen) atoms. The predicted octanol–water partition coefficient (Wildman–Crippen LogP) is 5.06. The lowest BCUT2D eigenvalue weighted by Crippen LogP contribution is -2.32. The molecule has 0 saturated carbocycles. The molecule has 0 radical (unpaired) electrons. The van der Waals surface area contributed by atoms with Crippen molar-refractivity contribution in [1.82, 2.24) is 5.32 Å². The number of fused-ring (bicyclic) bond motifs is 2. The van der Waals surface area contributed by atoms with Crippen molar-refractivity contribution in [2.45, 2.75) is 45.6 Å². The molecule has 2 aromatic carbocycles. The third kappa shape index (κ3) is 9.96. The predicted molar refractivity (Wildman–Crippen MR) is 161 cm³/mol. The van der Waals surface area contributed by atoms with Crippen molar-refractivity contribution < 1.29 is 32.0 Å². The highest BCUT2D eigenvalue weighted by molar-refractivity contribution is 7.93. The summed E-state index contributed by atoms with van der Waals surface area (Å²) >= 11 is -0.693. The zero-order chi connectivity index (χ0) is 28.7. The molecule has 9 nitrogen and oxygen atoms in total. The standard InChI is InChI=1S/C29H38N2O7S2/c1-3-4-14-30-28(32)6-5-7-29(33)31-21-24-19-25(38-16-18-40(35)36-2)12-10-22(24)8-9-23-11-13-26(20-27(23)31)37-15-17-39-34/h8-13,19-20,34H,3-7,14-18,21H2,1-2H3,(H,30,32)/b9-8-. The van der Waals surface area contributed by atoms with Crippen molar-refractivity contribution in [3.8, 4) is 11.5 Å². The number of rotatable bonds is 16. The fraction of sp³-hybridized carbons (Fsp3) is 0.448. The van der Waals surface area contributed by atoms with E-state index in [1.54, 1.807) is 4.90 Å². The molecule has 1 aliphatic heterocycles. The minimum Gasteiger partial charge on any atom is -0.493 e. The van der Waals surface area contributed by atoms with Crippen LogP contribution in [0.25, 0.3) is 12.2 Å². The number of unbranched alkanes of at least 4 members (excludes halogenated alkanes) is 1. The van der Waals surface area contributed by atoms with Gasteiger partial charge in [0.05, 0.1) is 37.5 Å². The lowest BCUT2D eigenvalue weighted by Gasteiger charge is -2.28. The van der Waals surface area contributed by atoms with Crippen LogP contribution in [-0.4, -0.2) is 59.0 Å². The normalized spacial score (nSPS) is 13.8. The van der Waals surface area contributed by atoms with E-state index < -0.39 is 11.1 Å². The van der Waals surface area contributed by atoms with Gasteiger partial charge in [-0.25, -0.2) is 4.21 Å². The monoisotopic (exact) mass is 590 g/mol. The van der Waals surface area contributed by atoms with Gasteiger partial charge in [-0.1, -0.05) is 31.6 Å². The molecule has 1 unspecified atom stereocenters. The number of benzene rings is 2. The number of hydrogen-bond acceptors (Lipinski definition) is 8. The van der Waals surface area contributed by atoms with E-state index in [4.69, 9.17) is 18.2 Å². The Hall–Kier alpha value is -2.86. The van der Waals surface area contributed by atoms with Crippen LogP contribution in [-0.2, 0) is 31.4 Å². The van der Waals surface area contributed by atoms with Crippen molar-refractivity contribution in [1.29, 1.82) is 0 Å². The van der Waals surface area contributed by atoms with Crippen LogP contribution in [0.1, 0.15) is 55.7 Å².